The lowest BCUT2D eigenvalue weighted by Crippen LogP contribution is -2.09. The first kappa shape index (κ1) is 46.8. The fourth-order valence-corrected chi connectivity index (χ4v) is 6.15. The van der Waals surface area contributed by atoms with Crippen molar-refractivity contribution >= 4 is 40.6 Å². The minimum Gasteiger partial charge on any atom is -0.494 e. The SMILES string of the molecule is C=CC(=O)OCCCCCCOc1ccc(C(=O)Oc2ccc(CCOC(=O)c3ccc4cc(OC(=O)c5ccc(OCCCCCCOC(=O)C=C)cc5)ccc4c3)cc2)cc1. The number of carbonyl (C=O) groups excluding carboxylic acids is 5. The van der Waals surface area contributed by atoms with E-state index in [9.17, 15) is 24.0 Å². The molecule has 12 nitrogen and oxygen atoms in total. The number of carbonyl (C=O) groups is 5. The summed E-state index contributed by atoms with van der Waals surface area (Å²) in [7, 11) is 0. The van der Waals surface area contributed by atoms with Crippen molar-refractivity contribution < 1.29 is 57.1 Å². The van der Waals surface area contributed by atoms with Gasteiger partial charge in [0, 0.05) is 18.6 Å². The highest BCUT2D eigenvalue weighted by atomic mass is 16.5. The minimum absolute atomic E-state index is 0.150. The number of rotatable bonds is 26. The standard InChI is InChI=1S/C51H52O12/c1-3-47(52)59-32-11-7-5-9-30-57-43-24-17-38(18-25-43)50(55)62-45-22-13-37(14-23-45)29-34-61-49(54)42-16-15-41-36-46(28-21-40(41)35-42)63-51(56)39-19-26-44(27-20-39)58-31-10-6-8-12-33-60-48(53)4-2/h3-4,13-28,35-36H,1-2,5-12,29-34H2. The average Bonchev–Trinajstić information content (AvgIpc) is 3.31. The van der Waals surface area contributed by atoms with Gasteiger partial charge in [-0.15, -0.1) is 0 Å². The third-order valence-electron chi connectivity index (χ3n) is 9.63. The maximum Gasteiger partial charge on any atom is 0.343 e. The molecule has 0 N–H and O–H groups in total. The van der Waals surface area contributed by atoms with Gasteiger partial charge in [-0.25, -0.2) is 24.0 Å². The third kappa shape index (κ3) is 16.3. The Labute approximate surface area is 367 Å². The van der Waals surface area contributed by atoms with Gasteiger partial charge in [0.1, 0.15) is 23.0 Å². The Balaban J connectivity index is 0.973. The first-order valence-corrected chi connectivity index (χ1v) is 21.0. The lowest BCUT2D eigenvalue weighted by atomic mass is 10.1. The molecular weight excluding hydrogens is 805 g/mol. The molecule has 0 fully saturated rings. The molecule has 0 saturated carbocycles. The number of fused-ring (bicyclic) bond motifs is 1. The normalized spacial score (nSPS) is 10.6. The van der Waals surface area contributed by atoms with E-state index < -0.39 is 29.8 Å². The van der Waals surface area contributed by atoms with E-state index in [0.717, 1.165) is 79.9 Å². The lowest BCUT2D eigenvalue weighted by molar-refractivity contribution is -0.138. The van der Waals surface area contributed by atoms with Crippen LogP contribution in [0, 0.1) is 0 Å². The molecule has 12 heteroatoms. The average molecular weight is 857 g/mol. The quantitative estimate of drug-likeness (QED) is 0.0171. The van der Waals surface area contributed by atoms with E-state index in [1.165, 1.54) is 0 Å². The molecule has 0 aliphatic carbocycles. The summed E-state index contributed by atoms with van der Waals surface area (Å²) in [6.45, 7) is 8.72. The maximum absolute atomic E-state index is 12.9. The molecule has 5 aromatic carbocycles. The number of hydrogen-bond acceptors (Lipinski definition) is 12. The van der Waals surface area contributed by atoms with E-state index in [2.05, 4.69) is 13.2 Å². The highest BCUT2D eigenvalue weighted by molar-refractivity contribution is 5.96. The molecule has 0 aliphatic heterocycles. The van der Waals surface area contributed by atoms with Gasteiger partial charge in [0.25, 0.3) is 0 Å². The van der Waals surface area contributed by atoms with Crippen molar-refractivity contribution in [2.45, 2.75) is 57.8 Å². The molecule has 0 aliphatic rings. The lowest BCUT2D eigenvalue weighted by Gasteiger charge is -2.09. The van der Waals surface area contributed by atoms with E-state index >= 15 is 0 Å². The van der Waals surface area contributed by atoms with Crippen molar-refractivity contribution in [1.82, 2.24) is 0 Å². The zero-order valence-corrected chi connectivity index (χ0v) is 35.3. The summed E-state index contributed by atoms with van der Waals surface area (Å²) in [6.07, 6.45) is 9.77. The molecule has 0 bridgehead atoms. The van der Waals surface area contributed by atoms with Crippen molar-refractivity contribution in [1.29, 1.82) is 0 Å². The highest BCUT2D eigenvalue weighted by Gasteiger charge is 2.13. The Morgan fingerprint density at radius 1 is 0.397 bits per heavy atom. The monoisotopic (exact) mass is 856 g/mol. The molecule has 0 spiro atoms. The summed E-state index contributed by atoms with van der Waals surface area (Å²) >= 11 is 0. The summed E-state index contributed by atoms with van der Waals surface area (Å²) in [4.78, 5) is 60.6. The Hall–Kier alpha value is -7.21. The van der Waals surface area contributed by atoms with Gasteiger partial charge in [0.15, 0.2) is 0 Å². The first-order chi connectivity index (χ1) is 30.7. The summed E-state index contributed by atoms with van der Waals surface area (Å²) in [5.41, 5.74) is 2.05. The van der Waals surface area contributed by atoms with Crippen LogP contribution in [0.2, 0.25) is 0 Å². The summed E-state index contributed by atoms with van der Waals surface area (Å²) < 4.78 is 38.2. The predicted octanol–water partition coefficient (Wildman–Crippen LogP) is 10.0. The van der Waals surface area contributed by atoms with Crippen molar-refractivity contribution in [3.05, 3.63) is 157 Å². The van der Waals surface area contributed by atoms with Crippen molar-refractivity contribution in [2.24, 2.45) is 0 Å². The van der Waals surface area contributed by atoms with Crippen LogP contribution in [0.15, 0.2) is 135 Å². The molecule has 0 heterocycles. The zero-order valence-electron chi connectivity index (χ0n) is 35.3. The summed E-state index contributed by atoms with van der Waals surface area (Å²) in [6, 6.07) is 30.9. The van der Waals surface area contributed by atoms with Gasteiger partial charge < -0.3 is 33.2 Å². The second kappa shape index (κ2) is 25.5. The molecule has 0 atom stereocenters. The smallest absolute Gasteiger partial charge is 0.343 e. The summed E-state index contributed by atoms with van der Waals surface area (Å²) in [5.74, 6) is -0.234. The van der Waals surface area contributed by atoms with E-state index in [-0.39, 0.29) is 6.61 Å². The molecule has 5 aromatic rings. The number of unbranched alkanes of at least 4 members (excludes halogenated alkanes) is 6. The highest BCUT2D eigenvalue weighted by Crippen LogP contribution is 2.24. The Morgan fingerprint density at radius 3 is 1.35 bits per heavy atom. The topological polar surface area (TPSA) is 150 Å². The van der Waals surface area contributed by atoms with Crippen LogP contribution >= 0.6 is 0 Å². The molecule has 0 amide bonds. The maximum atomic E-state index is 12.9. The van der Waals surface area contributed by atoms with Crippen LogP contribution in [0.4, 0.5) is 0 Å². The second-order valence-electron chi connectivity index (χ2n) is 14.3. The van der Waals surface area contributed by atoms with E-state index in [1.54, 1.807) is 97.1 Å². The predicted molar refractivity (Wildman–Crippen MR) is 237 cm³/mol. The molecule has 0 unspecified atom stereocenters. The van der Waals surface area contributed by atoms with Crippen LogP contribution in [0.1, 0.15) is 88.0 Å². The largest absolute Gasteiger partial charge is 0.494 e. The van der Waals surface area contributed by atoms with Crippen LogP contribution in [0.3, 0.4) is 0 Å². The van der Waals surface area contributed by atoms with Gasteiger partial charge in [-0.3, -0.25) is 0 Å². The molecule has 0 aromatic heterocycles. The molecular formula is C51H52O12. The molecule has 0 radical (unpaired) electrons. The van der Waals surface area contributed by atoms with Gasteiger partial charge in [-0.2, -0.15) is 0 Å². The molecule has 328 valence electrons. The third-order valence-corrected chi connectivity index (χ3v) is 9.63. The molecule has 0 saturated heterocycles. The van der Waals surface area contributed by atoms with Gasteiger partial charge in [-0.1, -0.05) is 37.4 Å². The van der Waals surface area contributed by atoms with Gasteiger partial charge in [0.2, 0.25) is 0 Å². The Kier molecular flexibility index (Phi) is 19.0. The fourth-order valence-electron chi connectivity index (χ4n) is 6.15. The number of hydrogen-bond donors (Lipinski definition) is 0. The minimum atomic E-state index is -0.509. The number of ether oxygens (including phenoxy) is 7. The van der Waals surface area contributed by atoms with Crippen molar-refractivity contribution in [2.75, 3.05) is 33.0 Å². The second-order valence-corrected chi connectivity index (χ2v) is 14.3. The van der Waals surface area contributed by atoms with Crippen LogP contribution in [0.25, 0.3) is 10.8 Å². The van der Waals surface area contributed by atoms with E-state index in [0.29, 0.717) is 72.5 Å². The number of benzene rings is 5. The van der Waals surface area contributed by atoms with Gasteiger partial charge in [-0.05, 0) is 153 Å². The molecule has 63 heavy (non-hydrogen) atoms. The molecule has 5 rings (SSSR count). The van der Waals surface area contributed by atoms with Crippen molar-refractivity contribution in [3.63, 3.8) is 0 Å². The fraction of sp³-hybridized carbons (Fsp3) is 0.275. The van der Waals surface area contributed by atoms with Gasteiger partial charge >= 0.3 is 29.8 Å². The Morgan fingerprint density at radius 2 is 0.825 bits per heavy atom. The zero-order chi connectivity index (χ0) is 44.7. The summed E-state index contributed by atoms with van der Waals surface area (Å²) in [5, 5.41) is 1.56. The van der Waals surface area contributed by atoms with Crippen LogP contribution < -0.4 is 18.9 Å². The number of esters is 5. The van der Waals surface area contributed by atoms with E-state index in [4.69, 9.17) is 33.2 Å². The van der Waals surface area contributed by atoms with Crippen molar-refractivity contribution in [3.8, 4) is 23.0 Å². The first-order valence-electron chi connectivity index (χ1n) is 21.0. The van der Waals surface area contributed by atoms with Crippen LogP contribution in [-0.4, -0.2) is 62.9 Å². The van der Waals surface area contributed by atoms with Gasteiger partial charge in [0.05, 0.1) is 49.7 Å². The van der Waals surface area contributed by atoms with Crippen LogP contribution in [-0.2, 0) is 30.2 Å². The van der Waals surface area contributed by atoms with Crippen LogP contribution in [0.5, 0.6) is 23.0 Å². The Bertz CT molecular complexity index is 2300. The van der Waals surface area contributed by atoms with E-state index in [1.807, 2.05) is 12.1 Å².